The van der Waals surface area contributed by atoms with Gasteiger partial charge in [0.25, 0.3) is 0 Å². The van der Waals surface area contributed by atoms with Crippen molar-refractivity contribution < 1.29 is 14.7 Å². The quantitative estimate of drug-likeness (QED) is 0.370. The van der Waals surface area contributed by atoms with Gasteiger partial charge in [0.2, 0.25) is 5.91 Å². The van der Waals surface area contributed by atoms with Crippen LogP contribution in [-0.4, -0.2) is 36.7 Å². The third-order valence-electron chi connectivity index (χ3n) is 3.15. The first-order valence-corrected chi connectivity index (χ1v) is 6.21. The second kappa shape index (κ2) is 6.38. The van der Waals surface area contributed by atoms with E-state index in [1.165, 1.54) is 4.90 Å². The highest BCUT2D eigenvalue weighted by atomic mass is 16.5. The smallest absolute Gasteiger partial charge is 0.229 e. The molecule has 0 aliphatic rings. The van der Waals surface area contributed by atoms with E-state index in [0.717, 1.165) is 0 Å². The van der Waals surface area contributed by atoms with Crippen molar-refractivity contribution in [1.29, 1.82) is 0 Å². The molecule has 6 heteroatoms. The maximum atomic E-state index is 12.3. The minimum Gasteiger partial charge on any atom is -0.409 e. The number of carbonyl (C=O) groups is 1. The highest BCUT2D eigenvalue weighted by Crippen LogP contribution is 2.22. The van der Waals surface area contributed by atoms with E-state index >= 15 is 0 Å². The maximum absolute atomic E-state index is 12.3. The van der Waals surface area contributed by atoms with Crippen LogP contribution in [0.2, 0.25) is 0 Å². The summed E-state index contributed by atoms with van der Waals surface area (Å²) in [6.45, 7) is 3.68. The average molecular weight is 279 g/mol. The van der Waals surface area contributed by atoms with Crippen LogP contribution < -0.4 is 10.6 Å². The number of benzene rings is 1. The van der Waals surface area contributed by atoms with Gasteiger partial charge in [-0.05, 0) is 26.0 Å². The Morgan fingerprint density at radius 3 is 2.60 bits per heavy atom. The molecule has 110 valence electrons. The Kier molecular flexibility index (Phi) is 5.10. The van der Waals surface area contributed by atoms with Crippen LogP contribution in [0.3, 0.4) is 0 Å². The molecule has 0 aliphatic heterocycles. The molecule has 3 N–H and O–H groups in total. The van der Waals surface area contributed by atoms with E-state index in [1.807, 2.05) is 13.8 Å². The fraction of sp³-hybridized carbons (Fsp3) is 0.429. The number of ether oxygens (including phenoxy) is 1. The topological polar surface area (TPSA) is 88.2 Å². The summed E-state index contributed by atoms with van der Waals surface area (Å²) in [7, 11) is 3.22. The zero-order chi connectivity index (χ0) is 15.3. The Hall–Kier alpha value is -2.08. The minimum absolute atomic E-state index is 0.0359. The molecule has 0 aromatic heterocycles. The zero-order valence-electron chi connectivity index (χ0n) is 12.3. The molecule has 0 heterocycles. The second-order valence-electron chi connectivity index (χ2n) is 5.10. The molecule has 0 aliphatic carbocycles. The number of anilines is 1. The van der Waals surface area contributed by atoms with Gasteiger partial charge in [-0.25, -0.2) is 0 Å². The monoisotopic (exact) mass is 279 g/mol. The molecular formula is C14H21N3O3. The van der Waals surface area contributed by atoms with Gasteiger partial charge in [0.15, 0.2) is 5.84 Å². The number of nitrogens with two attached hydrogens (primary N) is 1. The molecule has 6 nitrogen and oxygen atoms in total. The third-order valence-corrected chi connectivity index (χ3v) is 3.15. The van der Waals surface area contributed by atoms with E-state index < -0.39 is 5.60 Å². The zero-order valence-corrected chi connectivity index (χ0v) is 12.3. The Labute approximate surface area is 118 Å². The summed E-state index contributed by atoms with van der Waals surface area (Å²) in [5.74, 6) is -0.152. The molecule has 1 aromatic carbocycles. The van der Waals surface area contributed by atoms with E-state index in [9.17, 15) is 4.79 Å². The molecule has 0 spiro atoms. The number of hydrogen-bond acceptors (Lipinski definition) is 4. The summed E-state index contributed by atoms with van der Waals surface area (Å²) in [4.78, 5) is 13.8. The molecule has 0 bridgehead atoms. The van der Waals surface area contributed by atoms with Crippen LogP contribution in [0.1, 0.15) is 25.8 Å². The number of hydrogen-bond donors (Lipinski definition) is 2. The van der Waals surface area contributed by atoms with E-state index in [2.05, 4.69) is 5.16 Å². The van der Waals surface area contributed by atoms with Gasteiger partial charge in [0, 0.05) is 19.7 Å². The van der Waals surface area contributed by atoms with Crippen LogP contribution in [0.25, 0.3) is 0 Å². The molecule has 0 radical (unpaired) electrons. The number of methoxy groups -OCH3 is 1. The number of carbonyl (C=O) groups excluding carboxylic acids is 1. The molecular weight excluding hydrogens is 258 g/mol. The van der Waals surface area contributed by atoms with Gasteiger partial charge in [-0.3, -0.25) is 4.79 Å². The summed E-state index contributed by atoms with van der Waals surface area (Å²) in [5.41, 5.74) is 6.16. The fourth-order valence-corrected chi connectivity index (χ4v) is 1.73. The molecule has 0 fully saturated rings. The Bertz CT molecular complexity index is 512. The minimum atomic E-state index is -0.545. The van der Waals surface area contributed by atoms with Gasteiger partial charge >= 0.3 is 0 Å². The van der Waals surface area contributed by atoms with E-state index in [0.29, 0.717) is 11.3 Å². The lowest BCUT2D eigenvalue weighted by molar-refractivity contribution is -0.123. The lowest BCUT2D eigenvalue weighted by atomic mass is 10.0. The van der Waals surface area contributed by atoms with E-state index in [4.69, 9.17) is 15.7 Å². The predicted octanol–water partition coefficient (Wildman–Crippen LogP) is 1.56. The fourth-order valence-electron chi connectivity index (χ4n) is 1.73. The summed E-state index contributed by atoms with van der Waals surface area (Å²) < 4.78 is 5.26. The normalized spacial score (nSPS) is 12.3. The van der Waals surface area contributed by atoms with Crippen molar-refractivity contribution in [3.05, 3.63) is 29.8 Å². The van der Waals surface area contributed by atoms with Crippen molar-refractivity contribution in [3.8, 4) is 0 Å². The number of para-hydroxylation sites is 1. The highest BCUT2D eigenvalue weighted by Gasteiger charge is 2.25. The first kappa shape index (κ1) is 16.0. The third kappa shape index (κ3) is 3.71. The van der Waals surface area contributed by atoms with Gasteiger partial charge in [-0.1, -0.05) is 17.3 Å². The van der Waals surface area contributed by atoms with Crippen LogP contribution in [-0.2, 0) is 9.53 Å². The summed E-state index contributed by atoms with van der Waals surface area (Å²) in [5, 5.41) is 11.8. The highest BCUT2D eigenvalue weighted by molar-refractivity contribution is 6.06. The molecule has 0 unspecified atom stereocenters. The van der Waals surface area contributed by atoms with Gasteiger partial charge in [-0.15, -0.1) is 0 Å². The van der Waals surface area contributed by atoms with Gasteiger partial charge in [0.05, 0.1) is 17.7 Å². The molecule has 0 saturated carbocycles. The Balaban J connectivity index is 3.04. The summed E-state index contributed by atoms with van der Waals surface area (Å²) in [6, 6.07) is 6.98. The van der Waals surface area contributed by atoms with Crippen LogP contribution in [0.15, 0.2) is 29.4 Å². The molecule has 0 atom stereocenters. The summed E-state index contributed by atoms with van der Waals surface area (Å²) in [6.07, 6.45) is 0.227. The van der Waals surface area contributed by atoms with Crippen LogP contribution in [0.5, 0.6) is 0 Å². The van der Waals surface area contributed by atoms with Crippen molar-refractivity contribution in [3.63, 3.8) is 0 Å². The Morgan fingerprint density at radius 1 is 1.45 bits per heavy atom. The molecule has 1 amide bonds. The van der Waals surface area contributed by atoms with Gasteiger partial charge in [-0.2, -0.15) is 0 Å². The van der Waals surface area contributed by atoms with E-state index in [-0.39, 0.29) is 18.2 Å². The SMILES string of the molecule is COC(C)(C)CC(=O)N(C)c1ccccc1/C(N)=N/O. The molecule has 20 heavy (non-hydrogen) atoms. The van der Waals surface area contributed by atoms with Crippen molar-refractivity contribution in [2.45, 2.75) is 25.9 Å². The summed E-state index contributed by atoms with van der Waals surface area (Å²) >= 11 is 0. The largest absolute Gasteiger partial charge is 0.409 e. The van der Waals surface area contributed by atoms with Crippen LogP contribution in [0, 0.1) is 0 Å². The maximum Gasteiger partial charge on any atom is 0.229 e. The molecule has 0 saturated heterocycles. The average Bonchev–Trinajstić information content (AvgIpc) is 2.45. The first-order valence-electron chi connectivity index (χ1n) is 6.21. The molecule has 1 rings (SSSR count). The van der Waals surface area contributed by atoms with Crippen molar-refractivity contribution in [1.82, 2.24) is 0 Å². The van der Waals surface area contributed by atoms with Crippen molar-refractivity contribution in [2.75, 3.05) is 19.1 Å². The van der Waals surface area contributed by atoms with Crippen molar-refractivity contribution in [2.24, 2.45) is 10.9 Å². The van der Waals surface area contributed by atoms with Gasteiger partial charge in [0.1, 0.15) is 0 Å². The number of rotatable bonds is 5. The standard InChI is InChI=1S/C14H21N3O3/c1-14(2,20-4)9-12(18)17(3)11-8-6-5-7-10(11)13(15)16-19/h5-8,19H,9H2,1-4H3,(H2,15,16). The van der Waals surface area contributed by atoms with Crippen molar-refractivity contribution >= 4 is 17.4 Å². The second-order valence-corrected chi connectivity index (χ2v) is 5.10. The lowest BCUT2D eigenvalue weighted by Crippen LogP contribution is -2.36. The van der Waals surface area contributed by atoms with Crippen LogP contribution >= 0.6 is 0 Å². The Morgan fingerprint density at radius 2 is 2.05 bits per heavy atom. The number of oxime groups is 1. The number of amides is 1. The predicted molar refractivity (Wildman–Crippen MR) is 78.1 cm³/mol. The lowest BCUT2D eigenvalue weighted by Gasteiger charge is -2.26. The molecule has 1 aromatic rings. The number of amidine groups is 1. The number of nitrogens with zero attached hydrogens (tertiary/aromatic N) is 2. The van der Waals surface area contributed by atoms with Gasteiger partial charge < -0.3 is 20.6 Å². The van der Waals surface area contributed by atoms with Crippen LogP contribution in [0.4, 0.5) is 5.69 Å². The van der Waals surface area contributed by atoms with E-state index in [1.54, 1.807) is 38.4 Å². The first-order chi connectivity index (χ1) is 9.32.